The fraction of sp³-hybridized carbons (Fsp3) is 0.160. The Kier molecular flexibility index (Phi) is 3.98. The number of fused-ring (bicyclic) bond motifs is 3. The first-order valence-corrected chi connectivity index (χ1v) is 11.2. The van der Waals surface area contributed by atoms with Gasteiger partial charge in [0, 0.05) is 17.1 Å². The van der Waals surface area contributed by atoms with E-state index >= 15 is 0 Å². The fourth-order valence-corrected chi connectivity index (χ4v) is 5.38. The second-order valence-electron chi connectivity index (χ2n) is 7.97. The third kappa shape index (κ3) is 2.79. The number of rotatable bonds is 2. The third-order valence-corrected chi connectivity index (χ3v) is 7.25. The highest BCUT2D eigenvalue weighted by Gasteiger charge is 2.23. The average molecular weight is 425 g/mol. The van der Waals surface area contributed by atoms with E-state index in [1.54, 1.807) is 11.3 Å². The van der Waals surface area contributed by atoms with E-state index in [-0.39, 0.29) is 5.56 Å². The van der Waals surface area contributed by atoms with Gasteiger partial charge in [0.2, 0.25) is 0 Å². The van der Waals surface area contributed by atoms with E-state index in [9.17, 15) is 4.79 Å². The van der Waals surface area contributed by atoms with Crippen molar-refractivity contribution >= 4 is 44.2 Å². The monoisotopic (exact) mass is 424 g/mol. The minimum atomic E-state index is 0.0904. The summed E-state index contributed by atoms with van der Waals surface area (Å²) in [7, 11) is 0. The Morgan fingerprint density at radius 1 is 1.06 bits per heavy atom. The first kappa shape index (κ1) is 18.3. The van der Waals surface area contributed by atoms with Crippen LogP contribution >= 0.6 is 11.3 Å². The molecule has 0 unspecified atom stereocenters. The minimum Gasteiger partial charge on any atom is -0.299 e. The van der Waals surface area contributed by atoms with Gasteiger partial charge in [-0.2, -0.15) is 0 Å². The van der Waals surface area contributed by atoms with Crippen molar-refractivity contribution in [1.29, 1.82) is 0 Å². The van der Waals surface area contributed by atoms with Crippen molar-refractivity contribution < 1.29 is 0 Å². The van der Waals surface area contributed by atoms with Crippen molar-refractivity contribution in [2.75, 3.05) is 0 Å². The van der Waals surface area contributed by atoms with Crippen LogP contribution in [0, 0.1) is 13.8 Å². The van der Waals surface area contributed by atoms with Crippen molar-refractivity contribution in [2.24, 2.45) is 0 Å². The van der Waals surface area contributed by atoms with E-state index in [1.165, 1.54) is 0 Å². The summed E-state index contributed by atoms with van der Waals surface area (Å²) in [6, 6.07) is 16.5. The smallest absolute Gasteiger partial charge is 0.262 e. The Labute approximate surface area is 182 Å². The molecule has 0 saturated heterocycles. The quantitative estimate of drug-likeness (QED) is 0.383. The molecule has 1 aliphatic rings. The van der Waals surface area contributed by atoms with Crippen molar-refractivity contribution in [2.45, 2.75) is 26.8 Å². The summed E-state index contributed by atoms with van der Waals surface area (Å²) in [6.07, 6.45) is 4.84. The molecule has 6 heteroatoms. The first-order valence-electron chi connectivity index (χ1n) is 10.3. The predicted molar refractivity (Wildman–Crippen MR) is 127 cm³/mol. The van der Waals surface area contributed by atoms with E-state index < -0.39 is 0 Å². The molecule has 0 aliphatic carbocycles. The van der Waals surface area contributed by atoms with Gasteiger partial charge in [-0.25, -0.2) is 9.97 Å². The SMILES string of the molecule is Cc1sc2nc3n(c(=O)c2c1C)CC/C3=C\c1ccc(-n2cnc3ccccc32)cc1. The van der Waals surface area contributed by atoms with E-state index in [2.05, 4.69) is 52.9 Å². The maximum atomic E-state index is 13.0. The van der Waals surface area contributed by atoms with E-state index in [4.69, 9.17) is 4.98 Å². The number of thiophene rings is 1. The Morgan fingerprint density at radius 3 is 2.71 bits per heavy atom. The van der Waals surface area contributed by atoms with Gasteiger partial charge in [0.25, 0.3) is 5.56 Å². The maximum Gasteiger partial charge on any atom is 0.262 e. The van der Waals surface area contributed by atoms with Crippen LogP contribution in [0.15, 0.2) is 59.7 Å². The lowest BCUT2D eigenvalue weighted by molar-refractivity contribution is 0.726. The Balaban J connectivity index is 1.39. The Bertz CT molecular complexity index is 1570. The molecule has 5 nitrogen and oxygen atoms in total. The van der Waals surface area contributed by atoms with Crippen LogP contribution in [0.4, 0.5) is 0 Å². The number of allylic oxidation sites excluding steroid dienone is 1. The highest BCUT2D eigenvalue weighted by Crippen LogP contribution is 2.32. The molecule has 0 saturated carbocycles. The zero-order valence-corrected chi connectivity index (χ0v) is 18.1. The molecule has 0 amide bonds. The number of para-hydroxylation sites is 2. The van der Waals surface area contributed by atoms with Crippen LogP contribution < -0.4 is 5.56 Å². The lowest BCUT2D eigenvalue weighted by Gasteiger charge is -2.06. The van der Waals surface area contributed by atoms with Crippen LogP contribution in [0.1, 0.15) is 28.2 Å². The largest absolute Gasteiger partial charge is 0.299 e. The van der Waals surface area contributed by atoms with E-state index in [0.717, 1.165) is 60.8 Å². The molecule has 6 rings (SSSR count). The van der Waals surface area contributed by atoms with Crippen LogP contribution in [-0.4, -0.2) is 19.1 Å². The summed E-state index contributed by atoms with van der Waals surface area (Å²) in [5.74, 6) is 0.809. The lowest BCUT2D eigenvalue weighted by atomic mass is 10.1. The fourth-order valence-electron chi connectivity index (χ4n) is 4.36. The second kappa shape index (κ2) is 6.75. The van der Waals surface area contributed by atoms with Crippen LogP contribution in [0.25, 0.3) is 38.6 Å². The van der Waals surface area contributed by atoms with Gasteiger partial charge in [0.05, 0.1) is 16.4 Å². The zero-order valence-electron chi connectivity index (χ0n) is 17.3. The van der Waals surface area contributed by atoms with Gasteiger partial charge in [-0.15, -0.1) is 11.3 Å². The number of aryl methyl sites for hydroxylation is 2. The number of nitrogens with zero attached hydrogens (tertiary/aromatic N) is 4. The first-order chi connectivity index (χ1) is 15.1. The average Bonchev–Trinajstić information content (AvgIpc) is 3.46. The zero-order chi connectivity index (χ0) is 21.1. The van der Waals surface area contributed by atoms with Crippen LogP contribution in [0.3, 0.4) is 0 Å². The van der Waals surface area contributed by atoms with Gasteiger partial charge in [-0.1, -0.05) is 24.3 Å². The molecule has 3 aromatic heterocycles. The van der Waals surface area contributed by atoms with Crippen molar-refractivity contribution in [1.82, 2.24) is 19.1 Å². The number of aromatic nitrogens is 4. The summed E-state index contributed by atoms with van der Waals surface area (Å²) in [5.41, 5.74) is 6.52. The molecule has 2 aromatic carbocycles. The molecule has 4 heterocycles. The molecule has 1 aliphatic heterocycles. The normalized spacial score (nSPS) is 14.7. The van der Waals surface area contributed by atoms with Gasteiger partial charge in [-0.05, 0) is 67.3 Å². The Hall–Kier alpha value is -3.51. The molecule has 5 aromatic rings. The Morgan fingerprint density at radius 2 is 1.87 bits per heavy atom. The highest BCUT2D eigenvalue weighted by molar-refractivity contribution is 7.18. The maximum absolute atomic E-state index is 13.0. The highest BCUT2D eigenvalue weighted by atomic mass is 32.1. The topological polar surface area (TPSA) is 52.7 Å². The van der Waals surface area contributed by atoms with Crippen LogP contribution in [0.5, 0.6) is 0 Å². The van der Waals surface area contributed by atoms with Crippen molar-refractivity contribution in [3.05, 3.63) is 87.0 Å². The molecular formula is C25H20N4OS. The summed E-state index contributed by atoms with van der Waals surface area (Å²) in [4.78, 5) is 24.4. The summed E-state index contributed by atoms with van der Waals surface area (Å²) >= 11 is 1.61. The molecule has 0 fully saturated rings. The summed E-state index contributed by atoms with van der Waals surface area (Å²) in [6.45, 7) is 4.76. The molecule has 0 spiro atoms. The molecule has 31 heavy (non-hydrogen) atoms. The molecule has 0 N–H and O–H groups in total. The number of hydrogen-bond acceptors (Lipinski definition) is 4. The number of benzene rings is 2. The van der Waals surface area contributed by atoms with Gasteiger partial charge >= 0.3 is 0 Å². The number of imidazole rings is 1. The van der Waals surface area contributed by atoms with Gasteiger partial charge in [0.15, 0.2) is 0 Å². The molecular weight excluding hydrogens is 404 g/mol. The summed E-state index contributed by atoms with van der Waals surface area (Å²) in [5, 5.41) is 0.782. The van der Waals surface area contributed by atoms with Crippen molar-refractivity contribution in [3.63, 3.8) is 0 Å². The second-order valence-corrected chi connectivity index (χ2v) is 9.17. The molecule has 152 valence electrons. The van der Waals surface area contributed by atoms with E-state index in [0.29, 0.717) is 6.54 Å². The number of hydrogen-bond donors (Lipinski definition) is 0. The lowest BCUT2D eigenvalue weighted by Crippen LogP contribution is -2.20. The van der Waals surface area contributed by atoms with E-state index in [1.807, 2.05) is 36.0 Å². The molecule has 0 atom stereocenters. The van der Waals surface area contributed by atoms with Crippen molar-refractivity contribution in [3.8, 4) is 5.69 Å². The summed E-state index contributed by atoms with van der Waals surface area (Å²) < 4.78 is 3.93. The van der Waals surface area contributed by atoms with Crippen LogP contribution in [-0.2, 0) is 6.54 Å². The third-order valence-electron chi connectivity index (χ3n) is 6.15. The van der Waals surface area contributed by atoms with Gasteiger partial charge in [-0.3, -0.25) is 13.9 Å². The minimum absolute atomic E-state index is 0.0904. The molecule has 0 bridgehead atoms. The van der Waals surface area contributed by atoms with Crippen LogP contribution in [0.2, 0.25) is 0 Å². The molecule has 0 radical (unpaired) electrons. The van der Waals surface area contributed by atoms with Gasteiger partial charge in [0.1, 0.15) is 17.0 Å². The predicted octanol–water partition coefficient (Wildman–Crippen LogP) is 5.36. The standard InChI is InChI=1S/C25H20N4OS/c1-15-16(2)31-24-22(15)25(30)28-12-11-18(23(28)27-24)13-17-7-9-19(10-8-17)29-14-26-20-5-3-4-6-21(20)29/h3-10,13-14H,11-12H2,1-2H3/b18-13+. The van der Waals surface area contributed by atoms with Gasteiger partial charge < -0.3 is 0 Å².